The van der Waals surface area contributed by atoms with Crippen molar-refractivity contribution in [2.75, 3.05) is 27.4 Å². The largest absolute Gasteiger partial charge is 0.493 e. The van der Waals surface area contributed by atoms with Gasteiger partial charge in [-0.05, 0) is 12.5 Å². The van der Waals surface area contributed by atoms with Gasteiger partial charge in [0, 0.05) is 24.2 Å². The van der Waals surface area contributed by atoms with Gasteiger partial charge in [0.05, 0.1) is 26.2 Å². The maximum Gasteiger partial charge on any atom is 0.163 e. The quantitative estimate of drug-likeness (QED) is 0.790. The minimum atomic E-state index is -0.410. The molecule has 1 aromatic rings. The fourth-order valence-corrected chi connectivity index (χ4v) is 2.48. The Bertz CT molecular complexity index is 419. The van der Waals surface area contributed by atoms with E-state index in [1.165, 1.54) is 20.3 Å². The molecule has 3 nitrogen and oxygen atoms in total. The Morgan fingerprint density at radius 1 is 1.33 bits per heavy atom. The molecule has 0 bridgehead atoms. The van der Waals surface area contributed by atoms with Crippen molar-refractivity contribution in [1.29, 1.82) is 0 Å². The Labute approximate surface area is 111 Å². The molecule has 0 aliphatic carbocycles. The van der Waals surface area contributed by atoms with Gasteiger partial charge in [-0.15, -0.1) is 11.6 Å². The molecule has 18 heavy (non-hydrogen) atoms. The minimum absolute atomic E-state index is 0.138. The van der Waals surface area contributed by atoms with E-state index in [-0.39, 0.29) is 11.7 Å². The van der Waals surface area contributed by atoms with Crippen LogP contribution in [-0.2, 0) is 4.74 Å². The summed E-state index contributed by atoms with van der Waals surface area (Å²) in [5.74, 6) is 0.613. The van der Waals surface area contributed by atoms with Crippen molar-refractivity contribution >= 4 is 11.6 Å². The third kappa shape index (κ3) is 2.54. The van der Waals surface area contributed by atoms with E-state index in [4.69, 9.17) is 25.8 Å². The summed E-state index contributed by atoms with van der Waals surface area (Å²) >= 11 is 6.33. The molecule has 0 radical (unpaired) electrons. The second-order valence-corrected chi connectivity index (χ2v) is 4.72. The lowest BCUT2D eigenvalue weighted by atomic mass is 9.97. The SMILES string of the molecule is COc1cc(F)c(C(Cl)C2CCOC2)cc1OC. The third-order valence-corrected chi connectivity index (χ3v) is 3.77. The molecule has 1 fully saturated rings. The molecule has 0 N–H and O–H groups in total. The highest BCUT2D eigenvalue weighted by Crippen LogP contribution is 2.39. The van der Waals surface area contributed by atoms with Gasteiger partial charge >= 0.3 is 0 Å². The van der Waals surface area contributed by atoms with Crippen molar-refractivity contribution in [1.82, 2.24) is 0 Å². The van der Waals surface area contributed by atoms with Gasteiger partial charge in [-0.3, -0.25) is 0 Å². The van der Waals surface area contributed by atoms with Crippen molar-refractivity contribution in [2.45, 2.75) is 11.8 Å². The van der Waals surface area contributed by atoms with E-state index in [1.54, 1.807) is 6.07 Å². The zero-order chi connectivity index (χ0) is 13.1. The summed E-state index contributed by atoms with van der Waals surface area (Å²) in [7, 11) is 2.99. The lowest BCUT2D eigenvalue weighted by Gasteiger charge is -2.18. The highest BCUT2D eigenvalue weighted by molar-refractivity contribution is 6.21. The predicted molar refractivity (Wildman–Crippen MR) is 67.0 cm³/mol. The molecule has 1 aliphatic rings. The average Bonchev–Trinajstić information content (AvgIpc) is 2.91. The Hall–Kier alpha value is -1.00. The van der Waals surface area contributed by atoms with Crippen LogP contribution in [0.3, 0.4) is 0 Å². The zero-order valence-electron chi connectivity index (χ0n) is 10.4. The molecular weight excluding hydrogens is 259 g/mol. The lowest BCUT2D eigenvalue weighted by Crippen LogP contribution is -2.10. The summed E-state index contributed by atoms with van der Waals surface area (Å²) in [6.07, 6.45) is 0.849. The first-order valence-corrected chi connectivity index (χ1v) is 6.24. The number of alkyl halides is 1. The van der Waals surface area contributed by atoms with Gasteiger partial charge in [0.15, 0.2) is 11.5 Å². The van der Waals surface area contributed by atoms with E-state index >= 15 is 0 Å². The van der Waals surface area contributed by atoms with E-state index in [0.717, 1.165) is 6.42 Å². The molecule has 1 saturated heterocycles. The minimum Gasteiger partial charge on any atom is -0.493 e. The van der Waals surface area contributed by atoms with E-state index < -0.39 is 5.38 Å². The van der Waals surface area contributed by atoms with Crippen LogP contribution in [0.2, 0.25) is 0 Å². The Morgan fingerprint density at radius 3 is 2.56 bits per heavy atom. The van der Waals surface area contributed by atoms with Crippen LogP contribution < -0.4 is 9.47 Å². The Morgan fingerprint density at radius 2 is 2.00 bits per heavy atom. The van der Waals surface area contributed by atoms with Crippen molar-refractivity contribution in [2.24, 2.45) is 5.92 Å². The summed E-state index contributed by atoms with van der Waals surface area (Å²) in [4.78, 5) is 0. The highest BCUT2D eigenvalue weighted by Gasteiger charge is 2.28. The van der Waals surface area contributed by atoms with Crippen molar-refractivity contribution in [3.05, 3.63) is 23.5 Å². The maximum absolute atomic E-state index is 14.0. The molecule has 0 amide bonds. The number of halogens is 2. The van der Waals surface area contributed by atoms with Crippen molar-refractivity contribution in [3.63, 3.8) is 0 Å². The second kappa shape index (κ2) is 5.76. The van der Waals surface area contributed by atoms with E-state index in [2.05, 4.69) is 0 Å². The van der Waals surface area contributed by atoms with E-state index in [0.29, 0.717) is 30.3 Å². The molecule has 1 aliphatic heterocycles. The molecular formula is C13H16ClFO3. The molecule has 2 rings (SSSR count). The summed E-state index contributed by atoms with van der Waals surface area (Å²) in [6, 6.07) is 2.91. The van der Waals surface area contributed by atoms with Crippen LogP contribution in [0.5, 0.6) is 11.5 Å². The molecule has 0 spiro atoms. The highest BCUT2D eigenvalue weighted by atomic mass is 35.5. The monoisotopic (exact) mass is 274 g/mol. The third-order valence-electron chi connectivity index (χ3n) is 3.18. The molecule has 100 valence electrons. The molecule has 1 heterocycles. The average molecular weight is 275 g/mol. The summed E-state index contributed by atoms with van der Waals surface area (Å²) in [6.45, 7) is 1.25. The summed E-state index contributed by atoms with van der Waals surface area (Å²) in [5, 5.41) is -0.410. The van der Waals surface area contributed by atoms with Crippen LogP contribution in [0.15, 0.2) is 12.1 Å². The van der Waals surface area contributed by atoms with Gasteiger partial charge < -0.3 is 14.2 Å². The first kappa shape index (κ1) is 13.4. The number of hydrogen-bond acceptors (Lipinski definition) is 3. The summed E-state index contributed by atoms with van der Waals surface area (Å²) < 4.78 is 29.5. The van der Waals surface area contributed by atoms with Crippen molar-refractivity contribution in [3.8, 4) is 11.5 Å². The lowest BCUT2D eigenvalue weighted by molar-refractivity contribution is 0.185. The topological polar surface area (TPSA) is 27.7 Å². The van der Waals surface area contributed by atoms with Crippen LogP contribution in [-0.4, -0.2) is 27.4 Å². The van der Waals surface area contributed by atoms with E-state index in [9.17, 15) is 4.39 Å². The smallest absolute Gasteiger partial charge is 0.163 e. The van der Waals surface area contributed by atoms with Crippen LogP contribution in [0.1, 0.15) is 17.4 Å². The van der Waals surface area contributed by atoms with Gasteiger partial charge in [-0.2, -0.15) is 0 Å². The van der Waals surface area contributed by atoms with Gasteiger partial charge in [-0.1, -0.05) is 0 Å². The van der Waals surface area contributed by atoms with Gasteiger partial charge in [0.25, 0.3) is 0 Å². The predicted octanol–water partition coefficient (Wildman–Crippen LogP) is 3.16. The maximum atomic E-state index is 14.0. The number of methoxy groups -OCH3 is 2. The molecule has 1 aromatic carbocycles. The Balaban J connectivity index is 2.31. The fourth-order valence-electron chi connectivity index (χ4n) is 2.12. The van der Waals surface area contributed by atoms with Crippen molar-refractivity contribution < 1.29 is 18.6 Å². The van der Waals surface area contributed by atoms with Crippen LogP contribution >= 0.6 is 11.6 Å². The van der Waals surface area contributed by atoms with Crippen LogP contribution in [0, 0.1) is 11.7 Å². The van der Waals surface area contributed by atoms with Gasteiger partial charge in [-0.25, -0.2) is 4.39 Å². The summed E-state index contributed by atoms with van der Waals surface area (Å²) in [5.41, 5.74) is 0.435. The standard InChI is InChI=1S/C13H16ClFO3/c1-16-11-5-9(10(15)6-12(11)17-2)13(14)8-3-4-18-7-8/h5-6,8,13H,3-4,7H2,1-2H3. The van der Waals surface area contributed by atoms with Gasteiger partial charge in [0.1, 0.15) is 5.82 Å². The first-order chi connectivity index (χ1) is 8.67. The number of hydrogen-bond donors (Lipinski definition) is 0. The molecule has 0 aromatic heterocycles. The van der Waals surface area contributed by atoms with Crippen LogP contribution in [0.4, 0.5) is 4.39 Å². The van der Waals surface area contributed by atoms with Crippen LogP contribution in [0.25, 0.3) is 0 Å². The fraction of sp³-hybridized carbons (Fsp3) is 0.538. The molecule has 2 atom stereocenters. The molecule has 2 unspecified atom stereocenters. The zero-order valence-corrected chi connectivity index (χ0v) is 11.2. The Kier molecular flexibility index (Phi) is 4.30. The molecule has 0 saturated carbocycles. The first-order valence-electron chi connectivity index (χ1n) is 5.80. The van der Waals surface area contributed by atoms with E-state index in [1.807, 2.05) is 0 Å². The van der Waals surface area contributed by atoms with Gasteiger partial charge in [0.2, 0.25) is 0 Å². The number of benzene rings is 1. The number of ether oxygens (including phenoxy) is 3. The molecule has 5 heteroatoms. The normalized spacial score (nSPS) is 20.8. The second-order valence-electron chi connectivity index (χ2n) is 4.25. The number of rotatable bonds is 4.